The fraction of sp³-hybridized carbons (Fsp3) is 0.107. The zero-order chi connectivity index (χ0) is 26.1. The summed E-state index contributed by atoms with van der Waals surface area (Å²) in [6.07, 6.45) is 5.12. The molecule has 36 heavy (non-hydrogen) atoms. The van der Waals surface area contributed by atoms with Gasteiger partial charge in [0.1, 0.15) is 0 Å². The van der Waals surface area contributed by atoms with Crippen molar-refractivity contribution in [1.82, 2.24) is 0 Å². The highest BCUT2D eigenvalue weighted by molar-refractivity contribution is 6.28. The second-order valence-corrected chi connectivity index (χ2v) is 7.62. The Morgan fingerprint density at radius 1 is 0.750 bits per heavy atom. The molecule has 0 bridgehead atoms. The average molecular weight is 488 g/mol. The minimum atomic E-state index is -1.64. The second-order valence-electron chi connectivity index (χ2n) is 7.62. The molecule has 184 valence electrons. The first-order valence-corrected chi connectivity index (χ1v) is 10.9. The maximum atomic E-state index is 13.0. The molecule has 3 aromatic carbocycles. The summed E-state index contributed by atoms with van der Waals surface area (Å²) in [4.78, 5) is 39.0. The number of benzene rings is 3. The van der Waals surface area contributed by atoms with Gasteiger partial charge in [-0.05, 0) is 59.7 Å². The van der Waals surface area contributed by atoms with Gasteiger partial charge in [0, 0.05) is 5.69 Å². The van der Waals surface area contributed by atoms with Gasteiger partial charge >= 0.3 is 0 Å². The van der Waals surface area contributed by atoms with Crippen LogP contribution in [0.4, 0.5) is 5.69 Å². The van der Waals surface area contributed by atoms with E-state index in [1.807, 2.05) is 0 Å². The van der Waals surface area contributed by atoms with Crippen LogP contribution in [0.2, 0.25) is 0 Å². The van der Waals surface area contributed by atoms with Crippen LogP contribution in [-0.4, -0.2) is 41.9 Å². The van der Waals surface area contributed by atoms with E-state index in [0.717, 1.165) is 12.2 Å². The number of amides is 1. The maximum absolute atomic E-state index is 13.0. The van der Waals surface area contributed by atoms with Gasteiger partial charge in [-0.25, -0.2) is 0 Å². The molecule has 3 rings (SSSR count). The lowest BCUT2D eigenvalue weighted by Crippen LogP contribution is -2.34. The zero-order valence-electron chi connectivity index (χ0n) is 19.7. The standard InChI is InChI=1S/C28H25NO7/c1-35-25-16-18(8-12-21(25)30)10-14-23(32)27(28(34)29-20-6-4-3-5-7-20)24(33)15-11-19-9-13-22(31)26(17-19)36-2/h3-17,27,30-31H,1-2H3,(H,29,34)/b14-10+,15-11+. The van der Waals surface area contributed by atoms with Crippen molar-refractivity contribution < 1.29 is 34.1 Å². The number of para-hydroxylation sites is 1. The van der Waals surface area contributed by atoms with Gasteiger partial charge in [0.2, 0.25) is 5.91 Å². The first-order valence-electron chi connectivity index (χ1n) is 10.9. The molecule has 0 heterocycles. The van der Waals surface area contributed by atoms with Crippen molar-refractivity contribution in [3.63, 3.8) is 0 Å². The summed E-state index contributed by atoms with van der Waals surface area (Å²) in [6.45, 7) is 0. The van der Waals surface area contributed by atoms with Crippen molar-refractivity contribution in [3.8, 4) is 23.0 Å². The van der Waals surface area contributed by atoms with Crippen molar-refractivity contribution in [2.24, 2.45) is 5.92 Å². The fourth-order valence-corrected chi connectivity index (χ4v) is 3.28. The largest absolute Gasteiger partial charge is 0.504 e. The van der Waals surface area contributed by atoms with Crippen molar-refractivity contribution in [2.45, 2.75) is 0 Å². The molecule has 0 spiro atoms. The molecule has 1 amide bonds. The summed E-state index contributed by atoms with van der Waals surface area (Å²) in [5.74, 6) is -3.58. The third-order valence-corrected chi connectivity index (χ3v) is 5.16. The van der Waals surface area contributed by atoms with E-state index in [1.165, 1.54) is 50.6 Å². The van der Waals surface area contributed by atoms with Gasteiger partial charge in [0.15, 0.2) is 40.5 Å². The summed E-state index contributed by atoms with van der Waals surface area (Å²) in [6, 6.07) is 17.4. The predicted octanol–water partition coefficient (Wildman–Crippen LogP) is 4.23. The van der Waals surface area contributed by atoms with Gasteiger partial charge in [-0.1, -0.05) is 42.5 Å². The van der Waals surface area contributed by atoms with Gasteiger partial charge in [-0.3, -0.25) is 14.4 Å². The number of anilines is 1. The van der Waals surface area contributed by atoms with E-state index in [2.05, 4.69) is 5.32 Å². The van der Waals surface area contributed by atoms with Crippen LogP contribution >= 0.6 is 0 Å². The highest BCUT2D eigenvalue weighted by atomic mass is 16.5. The van der Waals surface area contributed by atoms with E-state index in [0.29, 0.717) is 16.8 Å². The number of aromatic hydroxyl groups is 2. The summed E-state index contributed by atoms with van der Waals surface area (Å²) < 4.78 is 10.1. The first kappa shape index (κ1) is 25.8. The molecule has 8 heteroatoms. The number of rotatable bonds is 10. The lowest BCUT2D eigenvalue weighted by atomic mass is 9.95. The monoisotopic (exact) mass is 487 g/mol. The van der Waals surface area contributed by atoms with Crippen LogP contribution in [0.5, 0.6) is 23.0 Å². The molecule has 0 saturated heterocycles. The van der Waals surface area contributed by atoms with Crippen LogP contribution in [-0.2, 0) is 14.4 Å². The molecule has 0 atom stereocenters. The molecule has 0 aliphatic heterocycles. The van der Waals surface area contributed by atoms with E-state index in [9.17, 15) is 24.6 Å². The van der Waals surface area contributed by atoms with Crippen LogP contribution in [0.3, 0.4) is 0 Å². The Kier molecular flexibility index (Phi) is 8.61. The Balaban J connectivity index is 1.87. The second kappa shape index (κ2) is 12.0. The number of allylic oxidation sites excluding steroid dienone is 2. The number of hydrogen-bond acceptors (Lipinski definition) is 7. The number of hydrogen-bond donors (Lipinski definition) is 3. The Morgan fingerprint density at radius 3 is 1.67 bits per heavy atom. The van der Waals surface area contributed by atoms with Gasteiger partial charge in [0.05, 0.1) is 14.2 Å². The minimum Gasteiger partial charge on any atom is -0.504 e. The number of nitrogens with one attached hydrogen (secondary N) is 1. The molecule has 0 aliphatic carbocycles. The summed E-state index contributed by atoms with van der Waals surface area (Å²) in [5.41, 5.74) is 1.49. The van der Waals surface area contributed by atoms with E-state index in [-0.39, 0.29) is 23.0 Å². The quantitative estimate of drug-likeness (QED) is 0.289. The number of ketones is 2. The Hall–Kier alpha value is -4.85. The molecule has 0 fully saturated rings. The highest BCUT2D eigenvalue weighted by Gasteiger charge is 2.31. The highest BCUT2D eigenvalue weighted by Crippen LogP contribution is 2.28. The number of carbonyl (C=O) groups excluding carboxylic acids is 3. The third-order valence-electron chi connectivity index (χ3n) is 5.16. The summed E-state index contributed by atoms with van der Waals surface area (Å²) >= 11 is 0. The molecule has 3 N–H and O–H groups in total. The van der Waals surface area contributed by atoms with Gasteiger partial charge in [0.25, 0.3) is 0 Å². The van der Waals surface area contributed by atoms with Crippen molar-refractivity contribution in [3.05, 3.63) is 90.0 Å². The summed E-state index contributed by atoms with van der Waals surface area (Å²) in [5, 5.41) is 22.1. The number of phenolic OH excluding ortho intramolecular Hbond substituents is 2. The van der Waals surface area contributed by atoms with Gasteiger partial charge in [-0.15, -0.1) is 0 Å². The Morgan fingerprint density at radius 2 is 1.22 bits per heavy atom. The zero-order valence-corrected chi connectivity index (χ0v) is 19.7. The lowest BCUT2D eigenvalue weighted by molar-refractivity contribution is -0.134. The fourth-order valence-electron chi connectivity index (χ4n) is 3.28. The molecule has 0 saturated carbocycles. The normalized spacial score (nSPS) is 11.1. The Bertz CT molecular complexity index is 1240. The Labute approximate surface area is 208 Å². The molecule has 0 aromatic heterocycles. The third kappa shape index (κ3) is 6.60. The smallest absolute Gasteiger partial charge is 0.243 e. The molecule has 8 nitrogen and oxygen atoms in total. The van der Waals surface area contributed by atoms with Crippen LogP contribution in [0.15, 0.2) is 78.9 Å². The van der Waals surface area contributed by atoms with E-state index >= 15 is 0 Å². The topological polar surface area (TPSA) is 122 Å². The van der Waals surface area contributed by atoms with Crippen LogP contribution in [0.1, 0.15) is 11.1 Å². The van der Waals surface area contributed by atoms with E-state index in [4.69, 9.17) is 9.47 Å². The molecule has 3 aromatic rings. The van der Waals surface area contributed by atoms with Crippen molar-refractivity contribution in [2.75, 3.05) is 19.5 Å². The maximum Gasteiger partial charge on any atom is 0.243 e. The van der Waals surface area contributed by atoms with Crippen LogP contribution < -0.4 is 14.8 Å². The van der Waals surface area contributed by atoms with E-state index in [1.54, 1.807) is 42.5 Å². The summed E-state index contributed by atoms with van der Waals surface area (Å²) in [7, 11) is 2.79. The molecular formula is C28H25NO7. The number of ether oxygens (including phenoxy) is 2. The number of methoxy groups -OCH3 is 2. The molecule has 0 unspecified atom stereocenters. The van der Waals surface area contributed by atoms with Gasteiger partial charge < -0.3 is 25.0 Å². The van der Waals surface area contributed by atoms with E-state index < -0.39 is 23.4 Å². The molecular weight excluding hydrogens is 462 g/mol. The van der Waals surface area contributed by atoms with Crippen molar-refractivity contribution >= 4 is 35.3 Å². The number of phenols is 2. The van der Waals surface area contributed by atoms with Crippen LogP contribution in [0.25, 0.3) is 12.2 Å². The first-order chi connectivity index (χ1) is 17.3. The molecule has 0 aliphatic rings. The van der Waals surface area contributed by atoms with Gasteiger partial charge in [-0.2, -0.15) is 0 Å². The minimum absolute atomic E-state index is 0.0627. The number of carbonyl (C=O) groups is 3. The average Bonchev–Trinajstić information content (AvgIpc) is 2.88. The predicted molar refractivity (Wildman–Crippen MR) is 136 cm³/mol. The van der Waals surface area contributed by atoms with Crippen molar-refractivity contribution in [1.29, 1.82) is 0 Å². The SMILES string of the molecule is COc1cc(/C=C/C(=O)C(C(=O)/C=C/c2ccc(O)c(OC)c2)C(=O)Nc2ccccc2)ccc1O. The van der Waals surface area contributed by atoms with Crippen LogP contribution in [0, 0.1) is 5.92 Å². The molecule has 0 radical (unpaired) electrons. The lowest BCUT2D eigenvalue weighted by Gasteiger charge is -2.12.